The molecule has 0 radical (unpaired) electrons. The summed E-state index contributed by atoms with van der Waals surface area (Å²) >= 11 is 1.39. The zero-order chi connectivity index (χ0) is 18.5. The first-order valence-corrected chi connectivity index (χ1v) is 9.54. The molecule has 0 bridgehead atoms. The van der Waals surface area contributed by atoms with Crippen LogP contribution in [0.25, 0.3) is 11.4 Å². The Hall–Kier alpha value is -2.54. The van der Waals surface area contributed by atoms with Gasteiger partial charge in [-0.25, -0.2) is 0 Å². The van der Waals surface area contributed by atoms with Crippen LogP contribution in [0.1, 0.15) is 24.7 Å². The molecule has 0 aliphatic carbocycles. The lowest BCUT2D eigenvalue weighted by molar-refractivity contribution is -0.113. The lowest BCUT2D eigenvalue weighted by atomic mass is 10.2. The van der Waals surface area contributed by atoms with Gasteiger partial charge in [0.1, 0.15) is 5.76 Å². The molecule has 0 aliphatic rings. The van der Waals surface area contributed by atoms with Gasteiger partial charge in [-0.3, -0.25) is 4.79 Å². The van der Waals surface area contributed by atoms with Crippen molar-refractivity contribution in [3.05, 3.63) is 47.9 Å². The van der Waals surface area contributed by atoms with E-state index in [2.05, 4.69) is 22.4 Å². The first kappa shape index (κ1) is 18.3. The number of hydrogen-bond donors (Lipinski definition) is 1. The fraction of sp³-hybridized carbons (Fsp3) is 0.316. The monoisotopic (exact) mass is 370 g/mol. The Balaban J connectivity index is 1.69. The van der Waals surface area contributed by atoms with Crippen molar-refractivity contribution in [2.24, 2.45) is 0 Å². The smallest absolute Gasteiger partial charge is 0.234 e. The van der Waals surface area contributed by atoms with Crippen LogP contribution in [0.2, 0.25) is 0 Å². The summed E-state index contributed by atoms with van der Waals surface area (Å²) in [5.74, 6) is 1.80. The first-order valence-electron chi connectivity index (χ1n) is 8.55. The number of benzene rings is 1. The number of furan rings is 1. The van der Waals surface area contributed by atoms with Crippen LogP contribution < -0.4 is 5.32 Å². The Morgan fingerprint density at radius 3 is 2.62 bits per heavy atom. The van der Waals surface area contributed by atoms with Crippen LogP contribution in [-0.2, 0) is 11.3 Å². The number of thioether (sulfide) groups is 1. The van der Waals surface area contributed by atoms with Gasteiger partial charge in [0.25, 0.3) is 0 Å². The van der Waals surface area contributed by atoms with Gasteiger partial charge in [0.2, 0.25) is 5.91 Å². The molecule has 7 heteroatoms. The number of carbonyl (C=O) groups is 1. The molecule has 0 aliphatic heterocycles. The van der Waals surface area contributed by atoms with E-state index < -0.39 is 0 Å². The average molecular weight is 370 g/mol. The number of nitrogens with zero attached hydrogens (tertiary/aromatic N) is 3. The summed E-state index contributed by atoms with van der Waals surface area (Å²) in [7, 11) is 0. The highest BCUT2D eigenvalue weighted by Crippen LogP contribution is 2.27. The highest BCUT2D eigenvalue weighted by atomic mass is 32.2. The molecule has 0 unspecified atom stereocenters. The Morgan fingerprint density at radius 2 is 1.96 bits per heavy atom. The second-order valence-corrected chi connectivity index (χ2v) is 6.99. The molecule has 0 fully saturated rings. The summed E-state index contributed by atoms with van der Waals surface area (Å²) in [5, 5.41) is 12.2. The van der Waals surface area contributed by atoms with E-state index in [1.54, 1.807) is 6.26 Å². The van der Waals surface area contributed by atoms with Gasteiger partial charge in [0.15, 0.2) is 11.0 Å². The number of aryl methyl sites for hydroxylation is 2. The number of hydrogen-bond acceptors (Lipinski definition) is 5. The molecule has 6 nitrogen and oxygen atoms in total. The van der Waals surface area contributed by atoms with Crippen molar-refractivity contribution in [1.82, 2.24) is 14.8 Å². The molecule has 1 aromatic carbocycles. The second-order valence-electron chi connectivity index (χ2n) is 6.05. The fourth-order valence-electron chi connectivity index (χ4n) is 2.60. The van der Waals surface area contributed by atoms with Gasteiger partial charge in [-0.2, -0.15) is 0 Å². The van der Waals surface area contributed by atoms with E-state index in [1.165, 1.54) is 11.8 Å². The van der Waals surface area contributed by atoms with Gasteiger partial charge >= 0.3 is 0 Å². The topological polar surface area (TPSA) is 73.0 Å². The van der Waals surface area contributed by atoms with Crippen molar-refractivity contribution in [2.45, 2.75) is 38.9 Å². The van der Waals surface area contributed by atoms with E-state index in [4.69, 9.17) is 4.42 Å². The summed E-state index contributed by atoms with van der Waals surface area (Å²) in [6.45, 7) is 6.81. The molecule has 1 amide bonds. The summed E-state index contributed by atoms with van der Waals surface area (Å²) in [5.41, 5.74) is 2.89. The maximum Gasteiger partial charge on any atom is 0.234 e. The van der Waals surface area contributed by atoms with E-state index in [9.17, 15) is 4.79 Å². The van der Waals surface area contributed by atoms with Crippen LogP contribution in [0.15, 0.2) is 46.2 Å². The highest BCUT2D eigenvalue weighted by molar-refractivity contribution is 7.99. The minimum atomic E-state index is -0.0639. The van der Waals surface area contributed by atoms with Gasteiger partial charge in [-0.05, 0) is 38.5 Å². The van der Waals surface area contributed by atoms with Gasteiger partial charge in [-0.15, -0.1) is 10.2 Å². The third-order valence-electron chi connectivity index (χ3n) is 3.93. The highest BCUT2D eigenvalue weighted by Gasteiger charge is 2.17. The summed E-state index contributed by atoms with van der Waals surface area (Å²) in [6.07, 6.45) is 2.60. The SMILES string of the molecule is CCCn1c(SCC(=O)Nc2ccc(C)cc2)nnc1-c1ccoc1C. The quantitative estimate of drug-likeness (QED) is 0.628. The number of anilines is 1. The number of nitrogens with one attached hydrogen (secondary N) is 1. The first-order chi connectivity index (χ1) is 12.6. The van der Waals surface area contributed by atoms with E-state index in [0.29, 0.717) is 0 Å². The van der Waals surface area contributed by atoms with Gasteiger partial charge < -0.3 is 14.3 Å². The summed E-state index contributed by atoms with van der Waals surface area (Å²) < 4.78 is 7.43. The minimum absolute atomic E-state index is 0.0639. The van der Waals surface area contributed by atoms with Crippen LogP contribution in [0, 0.1) is 13.8 Å². The normalized spacial score (nSPS) is 10.9. The number of aromatic nitrogens is 3. The van der Waals surface area contributed by atoms with Crippen LogP contribution >= 0.6 is 11.8 Å². The molecule has 136 valence electrons. The standard InChI is InChI=1S/C19H22N4O2S/c1-4-10-23-18(16-9-11-25-14(16)3)21-22-19(23)26-12-17(24)20-15-7-5-13(2)6-8-15/h5-9,11H,4,10,12H2,1-3H3,(H,20,24). The van der Waals surface area contributed by atoms with Crippen molar-refractivity contribution in [3.8, 4) is 11.4 Å². The molecule has 3 aromatic rings. The van der Waals surface area contributed by atoms with E-state index in [-0.39, 0.29) is 11.7 Å². The molecule has 1 N–H and O–H groups in total. The van der Waals surface area contributed by atoms with Gasteiger partial charge in [-0.1, -0.05) is 36.4 Å². The molecule has 0 atom stereocenters. The number of rotatable bonds is 7. The largest absolute Gasteiger partial charge is 0.469 e. The lowest BCUT2D eigenvalue weighted by Crippen LogP contribution is -2.14. The van der Waals surface area contributed by atoms with Crippen molar-refractivity contribution in [2.75, 3.05) is 11.1 Å². The molecule has 0 spiro atoms. The molecule has 0 saturated carbocycles. The zero-order valence-electron chi connectivity index (χ0n) is 15.2. The summed E-state index contributed by atoms with van der Waals surface area (Å²) in [4.78, 5) is 12.2. The molecular weight excluding hydrogens is 348 g/mol. The maximum absolute atomic E-state index is 12.2. The van der Waals surface area contributed by atoms with E-state index >= 15 is 0 Å². The molecule has 2 aromatic heterocycles. The lowest BCUT2D eigenvalue weighted by Gasteiger charge is -2.09. The molecule has 26 heavy (non-hydrogen) atoms. The molecule has 3 rings (SSSR count). The van der Waals surface area contributed by atoms with Crippen molar-refractivity contribution in [1.29, 1.82) is 0 Å². The van der Waals surface area contributed by atoms with Gasteiger partial charge in [0, 0.05) is 12.2 Å². The predicted octanol–water partition coefficient (Wildman–Crippen LogP) is 4.30. The van der Waals surface area contributed by atoms with Crippen LogP contribution in [0.4, 0.5) is 5.69 Å². The average Bonchev–Trinajstić information content (AvgIpc) is 3.21. The third kappa shape index (κ3) is 4.16. The van der Waals surface area contributed by atoms with E-state index in [1.807, 2.05) is 48.7 Å². The minimum Gasteiger partial charge on any atom is -0.469 e. The molecular formula is C19H22N4O2S. The maximum atomic E-state index is 12.2. The Labute approximate surface area is 157 Å². The summed E-state index contributed by atoms with van der Waals surface area (Å²) in [6, 6.07) is 9.64. The van der Waals surface area contributed by atoms with Crippen molar-refractivity contribution in [3.63, 3.8) is 0 Å². The van der Waals surface area contributed by atoms with Crippen LogP contribution in [0.3, 0.4) is 0 Å². The Kier molecular flexibility index (Phi) is 5.78. The predicted molar refractivity (Wildman–Crippen MR) is 103 cm³/mol. The van der Waals surface area contributed by atoms with Crippen LogP contribution in [0.5, 0.6) is 0 Å². The molecule has 0 saturated heterocycles. The van der Waals surface area contributed by atoms with Crippen molar-refractivity contribution < 1.29 is 9.21 Å². The fourth-order valence-corrected chi connectivity index (χ4v) is 3.37. The Bertz CT molecular complexity index is 883. The van der Waals surface area contributed by atoms with Crippen molar-refractivity contribution >= 4 is 23.4 Å². The van der Waals surface area contributed by atoms with Crippen LogP contribution in [-0.4, -0.2) is 26.4 Å². The third-order valence-corrected chi connectivity index (χ3v) is 4.90. The molecule has 2 heterocycles. The number of amides is 1. The Morgan fingerprint density at radius 1 is 1.19 bits per heavy atom. The second kappa shape index (κ2) is 8.23. The number of carbonyl (C=O) groups excluding carboxylic acids is 1. The van der Waals surface area contributed by atoms with Gasteiger partial charge in [0.05, 0.1) is 17.6 Å². The van der Waals surface area contributed by atoms with E-state index in [0.717, 1.165) is 46.5 Å². The zero-order valence-corrected chi connectivity index (χ0v) is 16.0.